The van der Waals surface area contributed by atoms with E-state index in [9.17, 15) is 4.79 Å². The van der Waals surface area contributed by atoms with Gasteiger partial charge in [0, 0.05) is 6.54 Å². The maximum absolute atomic E-state index is 10.6. The lowest BCUT2D eigenvalue weighted by atomic mass is 10.3. The molecular weight excluding hydrogens is 139 g/mol. The second-order valence-electron chi connectivity index (χ2n) is 1.51. The fourth-order valence-electron chi connectivity index (χ4n) is 0.414. The minimum absolute atomic E-state index is 0.254. The predicted molar refractivity (Wildman–Crippen MR) is 37.7 cm³/mol. The highest BCUT2D eigenvalue weighted by Gasteiger charge is 2.13. The van der Waals surface area contributed by atoms with Crippen LogP contribution >= 0.6 is 9.47 Å². The monoisotopic (exact) mass is 150 g/mol. The van der Waals surface area contributed by atoms with Gasteiger partial charge in [-0.15, -0.1) is 0 Å². The third kappa shape index (κ3) is 2.75. The molecule has 0 amide bonds. The Morgan fingerprint density at radius 3 is 2.67 bits per heavy atom. The normalized spacial score (nSPS) is 12.8. The van der Waals surface area contributed by atoms with Crippen LogP contribution in [-0.4, -0.2) is 25.6 Å². The summed E-state index contributed by atoms with van der Waals surface area (Å²) >= 11 is 0. The van der Waals surface area contributed by atoms with E-state index in [1.165, 1.54) is 0 Å². The molecule has 2 unspecified atom stereocenters. The summed E-state index contributed by atoms with van der Waals surface area (Å²) in [4.78, 5) is 10.6. The molecule has 0 aliphatic carbocycles. The Bertz CT molecular complexity index is 94.6. The standard InChI is InChI=1S/C4H11N2O2P/c1-6-3(2-5)4(7)8-9/h3,6H,2,5,9H2,1H3. The third-order valence-corrected chi connectivity index (χ3v) is 1.22. The first kappa shape index (κ1) is 8.82. The first-order chi connectivity index (χ1) is 4.26. The van der Waals surface area contributed by atoms with Gasteiger partial charge < -0.3 is 15.6 Å². The van der Waals surface area contributed by atoms with Gasteiger partial charge >= 0.3 is 5.97 Å². The first-order valence-corrected chi connectivity index (χ1v) is 3.01. The van der Waals surface area contributed by atoms with Gasteiger partial charge in [-0.25, -0.2) is 0 Å². The van der Waals surface area contributed by atoms with Gasteiger partial charge in [0.2, 0.25) is 0 Å². The molecule has 0 aliphatic rings. The average Bonchev–Trinajstić information content (AvgIpc) is 1.90. The van der Waals surface area contributed by atoms with Crippen LogP contribution in [0.2, 0.25) is 0 Å². The molecule has 9 heavy (non-hydrogen) atoms. The first-order valence-electron chi connectivity index (χ1n) is 2.54. The van der Waals surface area contributed by atoms with Gasteiger partial charge in [0.15, 0.2) is 0 Å². The molecule has 0 aromatic heterocycles. The second-order valence-corrected chi connectivity index (χ2v) is 1.75. The molecule has 0 aliphatic heterocycles. The summed E-state index contributed by atoms with van der Waals surface area (Å²) in [5.74, 6) is -0.356. The predicted octanol–water partition coefficient (Wildman–Crippen LogP) is -1.13. The van der Waals surface area contributed by atoms with E-state index in [0.29, 0.717) is 0 Å². The topological polar surface area (TPSA) is 64.3 Å². The van der Waals surface area contributed by atoms with Crippen LogP contribution in [0.1, 0.15) is 0 Å². The molecule has 0 saturated heterocycles. The largest absolute Gasteiger partial charge is 0.450 e. The van der Waals surface area contributed by atoms with Crippen molar-refractivity contribution in [2.75, 3.05) is 13.6 Å². The molecule has 2 atom stereocenters. The van der Waals surface area contributed by atoms with E-state index in [1.54, 1.807) is 7.05 Å². The molecule has 0 rings (SSSR count). The van der Waals surface area contributed by atoms with E-state index in [1.807, 2.05) is 9.47 Å². The zero-order valence-corrected chi connectivity index (χ0v) is 6.41. The molecule has 0 aromatic rings. The van der Waals surface area contributed by atoms with E-state index < -0.39 is 0 Å². The number of hydrogen-bond acceptors (Lipinski definition) is 4. The smallest absolute Gasteiger partial charge is 0.326 e. The molecule has 0 spiro atoms. The van der Waals surface area contributed by atoms with Gasteiger partial charge in [-0.3, -0.25) is 4.79 Å². The van der Waals surface area contributed by atoms with Gasteiger partial charge in [-0.1, -0.05) is 0 Å². The lowest BCUT2D eigenvalue weighted by Gasteiger charge is -2.08. The lowest BCUT2D eigenvalue weighted by molar-refractivity contribution is -0.135. The van der Waals surface area contributed by atoms with Crippen LogP contribution in [0.25, 0.3) is 0 Å². The van der Waals surface area contributed by atoms with Gasteiger partial charge in [-0.2, -0.15) is 0 Å². The summed E-state index contributed by atoms with van der Waals surface area (Å²) < 4.78 is 4.33. The van der Waals surface area contributed by atoms with E-state index in [4.69, 9.17) is 5.73 Å². The number of hydrogen-bond donors (Lipinski definition) is 2. The van der Waals surface area contributed by atoms with Crippen molar-refractivity contribution in [3.8, 4) is 0 Å². The molecular formula is C4H11N2O2P. The quantitative estimate of drug-likeness (QED) is 0.499. The fourth-order valence-corrected chi connectivity index (χ4v) is 0.578. The van der Waals surface area contributed by atoms with Crippen LogP contribution in [0.3, 0.4) is 0 Å². The van der Waals surface area contributed by atoms with Crippen molar-refractivity contribution in [2.45, 2.75) is 6.04 Å². The fraction of sp³-hybridized carbons (Fsp3) is 0.750. The maximum Gasteiger partial charge on any atom is 0.326 e. The zero-order chi connectivity index (χ0) is 7.28. The molecule has 0 heterocycles. The van der Waals surface area contributed by atoms with Crippen molar-refractivity contribution < 1.29 is 9.32 Å². The van der Waals surface area contributed by atoms with Gasteiger partial charge in [0.25, 0.3) is 0 Å². The Morgan fingerprint density at radius 2 is 2.56 bits per heavy atom. The number of carbonyl (C=O) groups excluding carboxylic acids is 1. The van der Waals surface area contributed by atoms with Crippen LogP contribution in [0.5, 0.6) is 0 Å². The van der Waals surface area contributed by atoms with Crippen molar-refractivity contribution in [3.63, 3.8) is 0 Å². The van der Waals surface area contributed by atoms with E-state index in [0.717, 1.165) is 0 Å². The summed E-state index contributed by atoms with van der Waals surface area (Å²) in [5.41, 5.74) is 5.19. The van der Waals surface area contributed by atoms with E-state index >= 15 is 0 Å². The molecule has 0 aromatic carbocycles. The average molecular weight is 150 g/mol. The van der Waals surface area contributed by atoms with Crippen molar-refractivity contribution in [1.82, 2.24) is 5.32 Å². The van der Waals surface area contributed by atoms with Crippen molar-refractivity contribution in [1.29, 1.82) is 0 Å². The van der Waals surface area contributed by atoms with Crippen LogP contribution in [0, 0.1) is 0 Å². The Balaban J connectivity index is 3.64. The molecule has 54 valence electrons. The number of carbonyl (C=O) groups is 1. The van der Waals surface area contributed by atoms with Crippen LogP contribution in [0.15, 0.2) is 0 Å². The van der Waals surface area contributed by atoms with Gasteiger partial charge in [0.05, 0.1) is 9.47 Å². The summed E-state index contributed by atoms with van der Waals surface area (Å²) in [6.07, 6.45) is 0. The summed E-state index contributed by atoms with van der Waals surface area (Å²) in [6, 6.07) is -0.387. The van der Waals surface area contributed by atoms with E-state index in [2.05, 4.69) is 9.84 Å². The van der Waals surface area contributed by atoms with Gasteiger partial charge in [-0.05, 0) is 7.05 Å². The molecule has 4 nitrogen and oxygen atoms in total. The Morgan fingerprint density at radius 1 is 2.00 bits per heavy atom. The number of nitrogens with one attached hydrogen (secondary N) is 1. The second kappa shape index (κ2) is 4.68. The minimum atomic E-state index is -0.387. The number of nitrogens with two attached hydrogens (primary N) is 1. The maximum atomic E-state index is 10.6. The van der Waals surface area contributed by atoms with Crippen LogP contribution in [0.4, 0.5) is 0 Å². The Hall–Kier alpha value is -0.180. The van der Waals surface area contributed by atoms with Crippen LogP contribution in [-0.2, 0) is 9.32 Å². The molecule has 3 N–H and O–H groups in total. The molecule has 5 heteroatoms. The van der Waals surface area contributed by atoms with Crippen LogP contribution < -0.4 is 11.1 Å². The highest BCUT2D eigenvalue weighted by molar-refractivity contribution is 7.10. The van der Waals surface area contributed by atoms with Crippen molar-refractivity contribution in [2.24, 2.45) is 5.73 Å². The molecule has 0 fully saturated rings. The minimum Gasteiger partial charge on any atom is -0.450 e. The Labute approximate surface area is 56.4 Å². The Kier molecular flexibility index (Phi) is 4.58. The third-order valence-electron chi connectivity index (χ3n) is 0.985. The molecule has 0 radical (unpaired) electrons. The number of likely N-dealkylation sites (N-methyl/N-ethyl adjacent to an activating group) is 1. The SMILES string of the molecule is CNC(CN)C(=O)OP. The highest BCUT2D eigenvalue weighted by atomic mass is 31.0. The summed E-state index contributed by atoms with van der Waals surface area (Å²) in [5, 5.41) is 2.69. The van der Waals surface area contributed by atoms with E-state index in [-0.39, 0.29) is 18.6 Å². The summed E-state index contributed by atoms with van der Waals surface area (Å²) in [7, 11) is 3.53. The van der Waals surface area contributed by atoms with Gasteiger partial charge in [0.1, 0.15) is 6.04 Å². The molecule has 0 bridgehead atoms. The zero-order valence-electron chi connectivity index (χ0n) is 5.26. The number of rotatable bonds is 3. The summed E-state index contributed by atoms with van der Waals surface area (Å²) in [6.45, 7) is 0.254. The van der Waals surface area contributed by atoms with Crippen molar-refractivity contribution >= 4 is 15.4 Å². The lowest BCUT2D eigenvalue weighted by Crippen LogP contribution is -2.40. The molecule has 0 saturated carbocycles. The van der Waals surface area contributed by atoms with Crippen molar-refractivity contribution in [3.05, 3.63) is 0 Å². The highest BCUT2D eigenvalue weighted by Crippen LogP contribution is 1.90.